The van der Waals surface area contributed by atoms with Gasteiger partial charge in [0.2, 0.25) is 0 Å². The Balaban J connectivity index is -0.0000000750. The molecule has 0 radical (unpaired) electrons. The zero-order valence-electron chi connectivity index (χ0n) is 5.44. The smallest absolute Gasteiger partial charge is 0.653 e. The average molecular weight is 168 g/mol. The Kier molecular flexibility index (Phi) is 54.0. The molecule has 0 aliphatic rings. The molecule has 0 atom stereocenters. The Hall–Kier alpha value is 0.0934. The monoisotopic (exact) mass is 166 g/mol. The fraction of sp³-hybridized carbons (Fsp3) is 0.600. The summed E-state index contributed by atoms with van der Waals surface area (Å²) in [5.41, 5.74) is 0. The van der Waals surface area contributed by atoms with E-state index >= 15 is 0 Å². The molecule has 0 fully saturated rings. The summed E-state index contributed by atoms with van der Waals surface area (Å²) in [4.78, 5) is 9.06. The normalized spacial score (nSPS) is 4.88. The molecular weight excluding hydrogens is 157 g/mol. The van der Waals surface area contributed by atoms with Crippen LogP contribution >= 0.6 is 0 Å². The SMILES string of the molecule is CCO[C-]=O.[CH2-]C.[Zn+2]. The van der Waals surface area contributed by atoms with E-state index < -0.39 is 0 Å². The van der Waals surface area contributed by atoms with Crippen LogP contribution in [0.5, 0.6) is 0 Å². The van der Waals surface area contributed by atoms with Crippen molar-refractivity contribution < 1.29 is 29.0 Å². The van der Waals surface area contributed by atoms with Gasteiger partial charge in [0.05, 0.1) is 0 Å². The molecule has 0 bridgehead atoms. The van der Waals surface area contributed by atoms with Crippen molar-refractivity contribution >= 4 is 6.47 Å². The van der Waals surface area contributed by atoms with Gasteiger partial charge < -0.3 is 16.5 Å². The molecule has 0 amide bonds. The maximum atomic E-state index is 9.06. The largest absolute Gasteiger partial charge is 2.00 e. The summed E-state index contributed by atoms with van der Waals surface area (Å²) in [6, 6.07) is 0. The van der Waals surface area contributed by atoms with E-state index in [4.69, 9.17) is 4.79 Å². The fourth-order valence-electron chi connectivity index (χ4n) is 0.0589. The van der Waals surface area contributed by atoms with E-state index in [1.165, 1.54) is 6.47 Å². The molecule has 3 heteroatoms. The van der Waals surface area contributed by atoms with E-state index in [2.05, 4.69) is 11.7 Å². The summed E-state index contributed by atoms with van der Waals surface area (Å²) >= 11 is 0. The van der Waals surface area contributed by atoms with E-state index in [1.54, 1.807) is 13.8 Å². The molecule has 2 nitrogen and oxygen atoms in total. The molecule has 0 N–H and O–H groups in total. The van der Waals surface area contributed by atoms with Crippen LogP contribution in [0.25, 0.3) is 0 Å². The van der Waals surface area contributed by atoms with Crippen molar-refractivity contribution in [3.63, 3.8) is 0 Å². The van der Waals surface area contributed by atoms with Gasteiger partial charge in [0.25, 0.3) is 0 Å². The first-order valence-electron chi connectivity index (χ1n) is 2.11. The average Bonchev–Trinajstić information content (AvgIpc) is 1.75. The van der Waals surface area contributed by atoms with Crippen LogP contribution in [0.3, 0.4) is 0 Å². The number of rotatable bonds is 2. The Morgan fingerprint density at radius 1 is 1.62 bits per heavy atom. The van der Waals surface area contributed by atoms with Crippen LogP contribution < -0.4 is 0 Å². The van der Waals surface area contributed by atoms with E-state index in [9.17, 15) is 0 Å². The van der Waals surface area contributed by atoms with Gasteiger partial charge in [-0.2, -0.15) is 6.92 Å². The van der Waals surface area contributed by atoms with Gasteiger partial charge in [0, 0.05) is 6.61 Å². The summed E-state index contributed by atoms with van der Waals surface area (Å²) in [5, 5.41) is 0. The third-order valence-corrected chi connectivity index (χ3v) is 0.203. The fourth-order valence-corrected chi connectivity index (χ4v) is 0.0589. The molecule has 0 rings (SSSR count). The van der Waals surface area contributed by atoms with Gasteiger partial charge in [0.1, 0.15) is 0 Å². The van der Waals surface area contributed by atoms with Crippen LogP contribution in [0.15, 0.2) is 0 Å². The second-order valence-electron chi connectivity index (χ2n) is 0.516. The molecule has 0 aromatic heterocycles. The number of ether oxygens (including phenoxy) is 1. The molecule has 0 aromatic carbocycles. The van der Waals surface area contributed by atoms with Crippen molar-refractivity contribution in [1.82, 2.24) is 0 Å². The summed E-state index contributed by atoms with van der Waals surface area (Å²) in [6.45, 7) is 8.41. The topological polar surface area (TPSA) is 26.3 Å². The molecular formula is C5H10O2Zn. The second-order valence-corrected chi connectivity index (χ2v) is 0.516. The molecule has 0 saturated carbocycles. The predicted molar refractivity (Wildman–Crippen MR) is 28.4 cm³/mol. The van der Waals surface area contributed by atoms with E-state index in [0.29, 0.717) is 6.61 Å². The molecule has 0 aromatic rings. The van der Waals surface area contributed by atoms with Crippen molar-refractivity contribution in [3.8, 4) is 0 Å². The van der Waals surface area contributed by atoms with Crippen LogP contribution in [0.2, 0.25) is 0 Å². The van der Waals surface area contributed by atoms with Gasteiger partial charge in [-0.3, -0.25) is 0 Å². The van der Waals surface area contributed by atoms with Crippen LogP contribution in [0.4, 0.5) is 0 Å². The molecule has 0 unspecified atom stereocenters. The maximum Gasteiger partial charge on any atom is 2.00 e. The zero-order valence-corrected chi connectivity index (χ0v) is 8.40. The van der Waals surface area contributed by atoms with Crippen molar-refractivity contribution in [2.45, 2.75) is 13.8 Å². The van der Waals surface area contributed by atoms with Gasteiger partial charge >= 0.3 is 19.5 Å². The zero-order chi connectivity index (χ0) is 6.12. The third kappa shape index (κ3) is 36.1. The minimum Gasteiger partial charge on any atom is -0.653 e. The van der Waals surface area contributed by atoms with E-state index in [0.717, 1.165) is 0 Å². The third-order valence-electron chi connectivity index (χ3n) is 0.203. The summed E-state index contributed by atoms with van der Waals surface area (Å²) in [7, 11) is 0. The Morgan fingerprint density at radius 3 is 2.00 bits per heavy atom. The summed E-state index contributed by atoms with van der Waals surface area (Å²) in [6.07, 6.45) is 0. The van der Waals surface area contributed by atoms with Crippen LogP contribution in [0, 0.1) is 6.92 Å². The minimum absolute atomic E-state index is 0. The molecule has 0 spiro atoms. The first-order valence-corrected chi connectivity index (χ1v) is 2.11. The molecule has 8 heavy (non-hydrogen) atoms. The first kappa shape index (κ1) is 15.7. The Morgan fingerprint density at radius 2 is 2.00 bits per heavy atom. The van der Waals surface area contributed by atoms with Gasteiger partial charge in [-0.25, -0.2) is 0 Å². The molecule has 0 heterocycles. The summed E-state index contributed by atoms with van der Waals surface area (Å²) < 4.78 is 4.03. The van der Waals surface area contributed by atoms with Gasteiger partial charge in [-0.05, 0) is 6.92 Å². The van der Waals surface area contributed by atoms with Gasteiger partial charge in [-0.1, -0.05) is 6.47 Å². The minimum atomic E-state index is 0. The van der Waals surface area contributed by atoms with Gasteiger partial charge in [-0.15, -0.1) is 0 Å². The van der Waals surface area contributed by atoms with E-state index in [-0.39, 0.29) is 19.5 Å². The molecule has 0 aliphatic carbocycles. The Labute approximate surface area is 63.4 Å². The van der Waals surface area contributed by atoms with Crippen LogP contribution in [-0.4, -0.2) is 13.1 Å². The summed E-state index contributed by atoms with van der Waals surface area (Å²) in [5.74, 6) is 0. The molecule has 44 valence electrons. The molecule has 0 aliphatic heterocycles. The Bertz CT molecular complexity index is 31.6. The maximum absolute atomic E-state index is 9.06. The predicted octanol–water partition coefficient (Wildman–Crippen LogP) is 0.928. The second kappa shape index (κ2) is 27.5. The van der Waals surface area contributed by atoms with E-state index in [1.807, 2.05) is 0 Å². The van der Waals surface area contributed by atoms with Crippen molar-refractivity contribution in [3.05, 3.63) is 6.92 Å². The van der Waals surface area contributed by atoms with Crippen molar-refractivity contribution in [2.24, 2.45) is 0 Å². The number of hydrogen-bond donors (Lipinski definition) is 0. The van der Waals surface area contributed by atoms with Crippen molar-refractivity contribution in [2.75, 3.05) is 6.61 Å². The number of carbonyl (C=O) groups excluding carboxylic acids is 1. The van der Waals surface area contributed by atoms with Crippen LogP contribution in [-0.2, 0) is 29.0 Å². The first-order chi connectivity index (χ1) is 3.41. The number of hydrogen-bond acceptors (Lipinski definition) is 2. The van der Waals surface area contributed by atoms with Crippen molar-refractivity contribution in [1.29, 1.82) is 0 Å². The molecule has 0 saturated heterocycles. The standard InChI is InChI=1S/C3H5O2.C2H5.Zn/c1-2-5-3-4;1-2;/h2H2,1H3;1H2,2H3;/q2*-1;+2. The quantitative estimate of drug-likeness (QED) is 0.452. The van der Waals surface area contributed by atoms with Crippen LogP contribution in [0.1, 0.15) is 13.8 Å². The van der Waals surface area contributed by atoms with Gasteiger partial charge in [0.15, 0.2) is 0 Å².